The summed E-state index contributed by atoms with van der Waals surface area (Å²) in [5.74, 6) is -0.257. The summed E-state index contributed by atoms with van der Waals surface area (Å²) < 4.78 is 47.2. The van der Waals surface area contributed by atoms with E-state index in [0.29, 0.717) is 129 Å². The number of anilines is 3. The number of amides is 12. The molecule has 0 spiro atoms. The Kier molecular flexibility index (Phi) is 34.3. The molecule has 1 unspecified atom stereocenters. The summed E-state index contributed by atoms with van der Waals surface area (Å²) in [6.45, 7) is 32.3. The van der Waals surface area contributed by atoms with Crippen molar-refractivity contribution >= 4 is 106 Å². The Hall–Kier alpha value is -9.33. The van der Waals surface area contributed by atoms with E-state index < -0.39 is 15.7 Å². The molecule has 146 heavy (non-hydrogen) atoms. The van der Waals surface area contributed by atoms with E-state index in [0.717, 1.165) is 183 Å². The second-order valence-corrected chi connectivity index (χ2v) is 50.9. The van der Waals surface area contributed by atoms with E-state index in [1.807, 2.05) is 117 Å². The van der Waals surface area contributed by atoms with Crippen LogP contribution in [-0.2, 0) is 48.0 Å². The number of urea groups is 3. The predicted molar refractivity (Wildman–Crippen MR) is 576 cm³/mol. The van der Waals surface area contributed by atoms with Crippen LogP contribution in [0.2, 0.25) is 0 Å². The van der Waals surface area contributed by atoms with Gasteiger partial charge in [0.15, 0.2) is 0 Å². The highest BCUT2D eigenvalue weighted by Gasteiger charge is 2.51. The zero-order valence-corrected chi connectivity index (χ0v) is 89.9. The lowest BCUT2D eigenvalue weighted by Gasteiger charge is -2.42. The predicted octanol–water partition coefficient (Wildman–Crippen LogP) is 21.0. The van der Waals surface area contributed by atoms with Crippen molar-refractivity contribution < 1.29 is 56.3 Å². The van der Waals surface area contributed by atoms with Gasteiger partial charge in [-0.2, -0.15) is 0 Å². The number of thioether (sulfide) groups is 3. The maximum Gasteiger partial charge on any atom is 0.322 e. The molecule has 12 aliphatic heterocycles. The van der Waals surface area contributed by atoms with Crippen LogP contribution in [0.1, 0.15) is 300 Å². The van der Waals surface area contributed by atoms with Crippen molar-refractivity contribution in [3.8, 4) is 0 Å². The maximum absolute atomic E-state index is 15.8. The maximum atomic E-state index is 15.8. The van der Waals surface area contributed by atoms with Crippen LogP contribution in [0.5, 0.6) is 0 Å². The fourth-order valence-electron chi connectivity index (χ4n) is 24.6. The van der Waals surface area contributed by atoms with Gasteiger partial charge in [-0.25, -0.2) is 27.6 Å². The first kappa shape index (κ1) is 107. The van der Waals surface area contributed by atoms with Crippen LogP contribution in [0.15, 0.2) is 127 Å². The number of carbonyl (C=O) groups is 9. The first-order valence-corrected chi connectivity index (χ1v) is 57.7. The Balaban J connectivity index is 0.000000144. The average molecular weight is 2060 g/mol. The lowest BCUT2D eigenvalue weighted by Crippen LogP contribution is -2.50. The minimum atomic E-state index is -0.505. The van der Waals surface area contributed by atoms with Crippen LogP contribution in [0.4, 0.5) is 44.6 Å². The van der Waals surface area contributed by atoms with Gasteiger partial charge in [0.25, 0.3) is 0 Å². The van der Waals surface area contributed by atoms with E-state index in [9.17, 15) is 43.2 Å². The number of halogens is 3. The number of rotatable bonds is 23. The Morgan fingerprint density at radius 1 is 0.322 bits per heavy atom. The molecule has 6 aromatic rings. The van der Waals surface area contributed by atoms with Crippen molar-refractivity contribution in [1.82, 2.24) is 59.2 Å². The summed E-state index contributed by atoms with van der Waals surface area (Å²) in [5.41, 5.74) is 11.1. The standard InChI is InChI=1S/2C40H54FN5O3S.C36H48FN5O3S/c2*1-40(2,3)19-25-46-37(48)34(50-38(46)31-11-7-12-32(41)36(31)28-14-20-43(21-15-28)29-9-6-10-29)26-35(47)44-22-17-30(18-23-44)45-24-16-27-8-4-5-13-33(27)42-39(45)49;1-36(2,3)16-22-42-33(44)30(46-34(42)27-8-6-9-28(37)32(27)25-11-17-38-18-12-25)23-31(43)40-19-14-26(15-20-40)41-21-13-24-7-4-5-10-29(24)39-35(41)45/h2*4-5,7-8,11-13,28-30,34,38H,6,9-10,14-26H2,1-3H3,(H,42,49);4-10,25-26,30,34,38H,11-23H2,1-3H3,(H,39,45)/t34-,38+;34-,38-;30-,34?/m000/s1. The van der Waals surface area contributed by atoms with Gasteiger partial charge in [0.2, 0.25) is 35.4 Å². The third kappa shape index (κ3) is 25.3. The van der Waals surface area contributed by atoms with Crippen molar-refractivity contribution in [3.05, 3.63) is 195 Å². The SMILES string of the molecule is CC(C)(C)CCN1C(=O)[C@H](CC(=O)N2CCC(N3CCc4ccccc4NC3=O)CC2)SC1c1cccc(F)c1C1CCNCC1.CC(C)(C)CCN1C(=O)[C@H](CC(=O)N2CCC(N3CCc4ccccc4NC3=O)CC2)S[C@@H]1c1cccc(F)c1C1CCN(C2CCC2)CC1.CC(C)(C)CCN1C(=O)[C@H](CC(=O)N2CCC(N3CCc4ccccc4NC3=O)CC2)S[C@H]1c1cccc(F)c1C1CCN(C2CCC2)CC1. The highest BCUT2D eigenvalue weighted by Crippen LogP contribution is 2.54. The topological polar surface area (TPSA) is 237 Å². The van der Waals surface area contributed by atoms with E-state index >= 15 is 13.2 Å². The fraction of sp³-hybridized carbons (Fsp3) is 0.612. The molecule has 12 heterocycles. The number of fused-ring (bicyclic) bond motifs is 3. The first-order chi connectivity index (χ1) is 70.2. The molecule has 30 heteroatoms. The minimum Gasteiger partial charge on any atom is -0.342 e. The van der Waals surface area contributed by atoms with Crippen molar-refractivity contribution in [2.24, 2.45) is 16.2 Å². The molecule has 6 atom stereocenters. The zero-order chi connectivity index (χ0) is 102. The van der Waals surface area contributed by atoms with Crippen molar-refractivity contribution in [3.63, 3.8) is 0 Å². The molecule has 788 valence electrons. The monoisotopic (exact) mass is 2060 g/mol. The fourth-order valence-corrected chi connectivity index (χ4v) is 29.2. The molecular weight excluding hydrogens is 1900 g/mol. The lowest BCUT2D eigenvalue weighted by molar-refractivity contribution is -0.137. The lowest BCUT2D eigenvalue weighted by atomic mass is 9.83. The number of hydrogen-bond acceptors (Lipinski definition) is 15. The highest BCUT2D eigenvalue weighted by atomic mass is 32.2. The van der Waals surface area contributed by atoms with E-state index in [4.69, 9.17) is 0 Å². The van der Waals surface area contributed by atoms with E-state index in [-0.39, 0.29) is 158 Å². The number of likely N-dealkylation sites (tertiary alicyclic amines) is 5. The van der Waals surface area contributed by atoms with Crippen LogP contribution in [0.25, 0.3) is 0 Å². The molecule has 0 radical (unpaired) electrons. The van der Waals surface area contributed by atoms with Gasteiger partial charge < -0.3 is 75.2 Å². The van der Waals surface area contributed by atoms with Crippen molar-refractivity contribution in [2.45, 2.75) is 316 Å². The van der Waals surface area contributed by atoms with Crippen molar-refractivity contribution in [2.75, 3.05) is 134 Å². The Morgan fingerprint density at radius 2 is 0.596 bits per heavy atom. The average Bonchev–Trinajstić information content (AvgIpc) is 1.63. The van der Waals surface area contributed by atoms with Gasteiger partial charge in [0, 0.05) is 145 Å². The summed E-state index contributed by atoms with van der Waals surface area (Å²) in [4.78, 5) is 145. The molecule has 12 amide bonds. The highest BCUT2D eigenvalue weighted by molar-refractivity contribution is 8.01. The Bertz CT molecular complexity index is 5390. The molecule has 9 saturated heterocycles. The largest absolute Gasteiger partial charge is 0.342 e. The molecule has 2 saturated carbocycles. The third-order valence-corrected chi connectivity index (χ3v) is 38.2. The zero-order valence-electron chi connectivity index (χ0n) is 87.5. The molecule has 4 N–H and O–H groups in total. The summed E-state index contributed by atoms with van der Waals surface area (Å²) in [7, 11) is 0. The molecule has 20 rings (SSSR count). The Labute approximate surface area is 876 Å². The molecule has 6 aromatic carbocycles. The summed E-state index contributed by atoms with van der Waals surface area (Å²) in [6, 6.07) is 41.3. The van der Waals surface area contributed by atoms with Crippen LogP contribution in [-0.4, -0.2) is 271 Å². The normalized spacial score (nSPS) is 24.2. The van der Waals surface area contributed by atoms with Crippen molar-refractivity contribution in [1.29, 1.82) is 0 Å². The van der Waals surface area contributed by atoms with Gasteiger partial charge >= 0.3 is 18.1 Å². The molecule has 24 nitrogen and oxygen atoms in total. The minimum absolute atomic E-state index is 0.0108. The van der Waals surface area contributed by atoms with E-state index in [1.54, 1.807) is 36.4 Å². The van der Waals surface area contributed by atoms with Gasteiger partial charge in [-0.15, -0.1) is 35.3 Å². The molecule has 11 fully saturated rings. The van der Waals surface area contributed by atoms with E-state index in [1.165, 1.54) is 73.8 Å². The van der Waals surface area contributed by atoms with Crippen LogP contribution < -0.4 is 21.3 Å². The smallest absolute Gasteiger partial charge is 0.322 e. The first-order valence-electron chi connectivity index (χ1n) is 54.9. The van der Waals surface area contributed by atoms with Gasteiger partial charge in [-0.1, -0.05) is 166 Å². The third-order valence-electron chi connectivity index (χ3n) is 33.9. The van der Waals surface area contributed by atoms with E-state index in [2.05, 4.69) is 112 Å². The number of carbonyl (C=O) groups excluding carboxylic acids is 9. The molecule has 14 aliphatic rings. The summed E-state index contributed by atoms with van der Waals surface area (Å²) in [6.07, 6.45) is 22.8. The van der Waals surface area contributed by atoms with Gasteiger partial charge in [0.1, 0.15) is 33.6 Å². The molecule has 0 bridgehead atoms. The Morgan fingerprint density at radius 3 is 0.863 bits per heavy atom. The number of nitrogens with zero attached hydrogens (tertiary/aromatic N) is 11. The van der Waals surface area contributed by atoms with Gasteiger partial charge in [0.05, 0.1) is 15.7 Å². The summed E-state index contributed by atoms with van der Waals surface area (Å²) >= 11 is 4.59. The van der Waals surface area contributed by atoms with Crippen LogP contribution >= 0.6 is 35.3 Å². The molecule has 0 aromatic heterocycles. The number of benzene rings is 6. The number of nitrogens with one attached hydrogen (secondary N) is 4. The van der Waals surface area contributed by atoms with Crippen LogP contribution in [0.3, 0.4) is 0 Å². The number of para-hydroxylation sites is 3. The number of piperidine rings is 6. The van der Waals surface area contributed by atoms with Gasteiger partial charge in [-0.05, 0) is 301 Å². The molecule has 2 aliphatic carbocycles. The second-order valence-electron chi connectivity index (χ2n) is 47.0. The quantitative estimate of drug-likeness (QED) is 0.0467. The summed E-state index contributed by atoms with van der Waals surface area (Å²) in [5, 5.41) is 10.1. The van der Waals surface area contributed by atoms with Gasteiger partial charge in [-0.3, -0.25) is 28.8 Å². The second kappa shape index (κ2) is 47.1. The molecular formula is C116H156F3N15O9S3. The van der Waals surface area contributed by atoms with Crippen LogP contribution in [0, 0.1) is 33.7 Å². The number of hydrogen-bond donors (Lipinski definition) is 4.